The van der Waals surface area contributed by atoms with Crippen molar-refractivity contribution in [1.82, 2.24) is 9.80 Å². The SMILES string of the molecule is CCC(C)N(CC(=O)N(CCc1ccc(OC)c(OC)c1)Cc1cccs1)C(=O)Nc1c(C(C)C)cccc1C(C)C. The zero-order chi connectivity index (χ0) is 30.8. The van der Waals surface area contributed by atoms with Gasteiger partial charge in [0, 0.05) is 23.2 Å². The van der Waals surface area contributed by atoms with Crippen LogP contribution in [0.3, 0.4) is 0 Å². The summed E-state index contributed by atoms with van der Waals surface area (Å²) in [6.07, 6.45) is 1.38. The number of hydrogen-bond donors (Lipinski definition) is 1. The number of hydrogen-bond acceptors (Lipinski definition) is 5. The van der Waals surface area contributed by atoms with Crippen LogP contribution in [0.15, 0.2) is 53.9 Å². The molecule has 3 aromatic rings. The second-order valence-electron chi connectivity index (χ2n) is 11.3. The molecule has 3 rings (SSSR count). The lowest BCUT2D eigenvalue weighted by Crippen LogP contribution is -2.48. The first-order valence-electron chi connectivity index (χ1n) is 14.8. The molecule has 0 bridgehead atoms. The van der Waals surface area contributed by atoms with E-state index in [4.69, 9.17) is 9.47 Å². The summed E-state index contributed by atoms with van der Waals surface area (Å²) in [5, 5.41) is 5.24. The first-order valence-corrected chi connectivity index (χ1v) is 15.7. The Morgan fingerprint density at radius 2 is 1.57 bits per heavy atom. The fraction of sp³-hybridized carbons (Fsp3) is 0.471. The number of thiophene rings is 1. The third kappa shape index (κ3) is 8.51. The molecule has 7 nitrogen and oxygen atoms in total. The van der Waals surface area contributed by atoms with Crippen LogP contribution in [0.4, 0.5) is 10.5 Å². The number of nitrogens with zero attached hydrogens (tertiary/aromatic N) is 2. The number of nitrogens with one attached hydrogen (secondary N) is 1. The van der Waals surface area contributed by atoms with Crippen LogP contribution >= 0.6 is 11.3 Å². The Morgan fingerprint density at radius 3 is 2.12 bits per heavy atom. The first-order chi connectivity index (χ1) is 20.1. The summed E-state index contributed by atoms with van der Waals surface area (Å²) in [6, 6.07) is 15.7. The zero-order valence-corrected chi connectivity index (χ0v) is 27.2. The normalized spacial score (nSPS) is 11.9. The van der Waals surface area contributed by atoms with Crippen molar-refractivity contribution in [2.75, 3.05) is 32.6 Å². The Morgan fingerprint density at radius 1 is 0.905 bits per heavy atom. The highest BCUT2D eigenvalue weighted by Crippen LogP contribution is 2.33. The number of methoxy groups -OCH3 is 2. The lowest BCUT2D eigenvalue weighted by atomic mass is 9.92. The van der Waals surface area contributed by atoms with Crippen molar-refractivity contribution in [3.8, 4) is 11.5 Å². The molecule has 0 spiro atoms. The van der Waals surface area contributed by atoms with Crippen molar-refractivity contribution in [2.24, 2.45) is 0 Å². The monoisotopic (exact) mass is 593 g/mol. The molecule has 1 atom stereocenters. The van der Waals surface area contributed by atoms with E-state index in [2.05, 4.69) is 51.2 Å². The summed E-state index contributed by atoms with van der Waals surface area (Å²) in [4.78, 5) is 32.4. The molecule has 42 heavy (non-hydrogen) atoms. The van der Waals surface area contributed by atoms with E-state index in [0.717, 1.165) is 33.7 Å². The predicted molar refractivity (Wildman–Crippen MR) is 173 cm³/mol. The fourth-order valence-corrected chi connectivity index (χ4v) is 5.67. The summed E-state index contributed by atoms with van der Waals surface area (Å²) in [5.41, 5.74) is 4.09. The van der Waals surface area contributed by atoms with Crippen LogP contribution in [-0.2, 0) is 17.8 Å². The molecule has 8 heteroatoms. The molecule has 0 radical (unpaired) electrons. The van der Waals surface area contributed by atoms with E-state index in [1.807, 2.05) is 54.5 Å². The molecule has 1 unspecified atom stereocenters. The third-order valence-electron chi connectivity index (χ3n) is 7.69. The number of para-hydroxylation sites is 1. The third-order valence-corrected chi connectivity index (χ3v) is 8.55. The minimum Gasteiger partial charge on any atom is -0.493 e. The van der Waals surface area contributed by atoms with Crippen molar-refractivity contribution in [3.05, 3.63) is 75.5 Å². The summed E-state index contributed by atoms with van der Waals surface area (Å²) >= 11 is 1.62. The van der Waals surface area contributed by atoms with Crippen molar-refractivity contribution < 1.29 is 19.1 Å². The zero-order valence-electron chi connectivity index (χ0n) is 26.4. The molecule has 228 valence electrons. The van der Waals surface area contributed by atoms with Gasteiger partial charge in [0.05, 0.1) is 20.8 Å². The summed E-state index contributed by atoms with van der Waals surface area (Å²) < 4.78 is 10.9. The van der Waals surface area contributed by atoms with Gasteiger partial charge >= 0.3 is 6.03 Å². The van der Waals surface area contributed by atoms with E-state index in [1.165, 1.54) is 0 Å². The topological polar surface area (TPSA) is 71.1 Å². The maximum Gasteiger partial charge on any atom is 0.322 e. The van der Waals surface area contributed by atoms with E-state index < -0.39 is 0 Å². The molecule has 0 aliphatic rings. The van der Waals surface area contributed by atoms with Gasteiger partial charge < -0.3 is 24.6 Å². The second-order valence-corrected chi connectivity index (χ2v) is 12.3. The van der Waals surface area contributed by atoms with Gasteiger partial charge in [0.1, 0.15) is 6.54 Å². The number of urea groups is 1. The highest BCUT2D eigenvalue weighted by atomic mass is 32.1. The number of carbonyl (C=O) groups excluding carboxylic acids is 2. The van der Waals surface area contributed by atoms with Crippen LogP contribution in [-0.4, -0.2) is 55.1 Å². The highest BCUT2D eigenvalue weighted by molar-refractivity contribution is 7.09. The number of carbonyl (C=O) groups is 2. The van der Waals surface area contributed by atoms with Crippen molar-refractivity contribution in [3.63, 3.8) is 0 Å². The van der Waals surface area contributed by atoms with Crippen LogP contribution in [0.5, 0.6) is 11.5 Å². The number of amides is 3. The average molecular weight is 594 g/mol. The second kappa shape index (κ2) is 15.6. The summed E-state index contributed by atoms with van der Waals surface area (Å²) in [6.45, 7) is 13.6. The van der Waals surface area contributed by atoms with Gasteiger partial charge in [0.25, 0.3) is 0 Å². The van der Waals surface area contributed by atoms with Gasteiger partial charge in [-0.25, -0.2) is 4.79 Å². The molecular formula is C34H47N3O4S. The van der Waals surface area contributed by atoms with Gasteiger partial charge in [-0.3, -0.25) is 4.79 Å². The largest absolute Gasteiger partial charge is 0.493 e. The minimum absolute atomic E-state index is 0.000986. The number of anilines is 1. The molecule has 0 aliphatic heterocycles. The van der Waals surface area contributed by atoms with Gasteiger partial charge in [-0.1, -0.05) is 65.0 Å². The Kier molecular flexibility index (Phi) is 12.3. The molecular weight excluding hydrogens is 546 g/mol. The predicted octanol–water partition coefficient (Wildman–Crippen LogP) is 7.92. The Hall–Kier alpha value is -3.52. The number of ether oxygens (including phenoxy) is 2. The van der Waals surface area contributed by atoms with Crippen LogP contribution in [0.2, 0.25) is 0 Å². The molecule has 0 fully saturated rings. The molecule has 2 aromatic carbocycles. The quantitative estimate of drug-likeness (QED) is 0.206. The molecule has 0 aliphatic carbocycles. The summed E-state index contributed by atoms with van der Waals surface area (Å²) in [7, 11) is 3.23. The maximum absolute atomic E-state index is 13.9. The van der Waals surface area contributed by atoms with Gasteiger partial charge in [-0.15, -0.1) is 11.3 Å². The van der Waals surface area contributed by atoms with Crippen LogP contribution in [0.25, 0.3) is 0 Å². The standard InChI is InChI=1S/C34H47N3O4S/c1-9-25(6)37(34(39)35-33-28(23(2)3)13-10-14-29(33)24(4)5)22-32(38)36(21-27-12-11-19-42-27)18-17-26-15-16-30(40-7)31(20-26)41-8/h10-16,19-20,23-25H,9,17-18,21-22H2,1-8H3,(H,35,39). The molecule has 1 aromatic heterocycles. The van der Waals surface area contributed by atoms with E-state index in [1.54, 1.807) is 30.5 Å². The number of rotatable bonds is 14. The van der Waals surface area contributed by atoms with Crippen LogP contribution < -0.4 is 14.8 Å². The maximum atomic E-state index is 13.9. The molecule has 1 heterocycles. The van der Waals surface area contributed by atoms with Crippen molar-refractivity contribution in [1.29, 1.82) is 0 Å². The fourth-order valence-electron chi connectivity index (χ4n) is 4.95. The highest BCUT2D eigenvalue weighted by Gasteiger charge is 2.27. The van der Waals surface area contributed by atoms with E-state index in [0.29, 0.717) is 31.0 Å². The number of benzene rings is 2. The summed E-state index contributed by atoms with van der Waals surface area (Å²) in [5.74, 6) is 1.74. The van der Waals surface area contributed by atoms with Crippen LogP contribution in [0, 0.1) is 0 Å². The molecule has 0 saturated carbocycles. The Balaban J connectivity index is 1.85. The lowest BCUT2D eigenvalue weighted by Gasteiger charge is -2.32. The first kappa shape index (κ1) is 33.0. The molecule has 1 N–H and O–H groups in total. The van der Waals surface area contributed by atoms with Gasteiger partial charge in [-0.2, -0.15) is 0 Å². The van der Waals surface area contributed by atoms with E-state index in [-0.39, 0.29) is 36.4 Å². The van der Waals surface area contributed by atoms with Crippen molar-refractivity contribution in [2.45, 2.75) is 78.8 Å². The van der Waals surface area contributed by atoms with Gasteiger partial charge in [0.2, 0.25) is 5.91 Å². The van der Waals surface area contributed by atoms with E-state index >= 15 is 0 Å². The Labute approximate surface area is 255 Å². The molecule has 0 saturated heterocycles. The van der Waals surface area contributed by atoms with Gasteiger partial charge in [0.15, 0.2) is 11.5 Å². The van der Waals surface area contributed by atoms with E-state index in [9.17, 15) is 9.59 Å². The molecule has 3 amide bonds. The van der Waals surface area contributed by atoms with Crippen molar-refractivity contribution >= 4 is 29.0 Å². The average Bonchev–Trinajstić information content (AvgIpc) is 3.50. The van der Waals surface area contributed by atoms with Gasteiger partial charge in [-0.05, 0) is 71.9 Å². The van der Waals surface area contributed by atoms with Crippen LogP contribution in [0.1, 0.15) is 81.4 Å². The Bertz CT molecular complexity index is 1280. The minimum atomic E-state index is -0.247. The lowest BCUT2D eigenvalue weighted by molar-refractivity contribution is -0.132. The smallest absolute Gasteiger partial charge is 0.322 e.